The Kier molecular flexibility index (Phi) is 2.97. The van der Waals surface area contributed by atoms with Gasteiger partial charge in [0.25, 0.3) is 0 Å². The Bertz CT molecular complexity index is 183. The summed E-state index contributed by atoms with van der Waals surface area (Å²) >= 11 is 0. The van der Waals surface area contributed by atoms with E-state index in [9.17, 15) is 14.9 Å². The van der Waals surface area contributed by atoms with Crippen LogP contribution in [-0.2, 0) is 4.84 Å². The summed E-state index contributed by atoms with van der Waals surface area (Å²) in [6.07, 6.45) is -1.75. The van der Waals surface area contributed by atoms with Gasteiger partial charge in [-0.1, -0.05) is 0 Å². The van der Waals surface area contributed by atoms with Crippen LogP contribution in [0.4, 0.5) is 4.79 Å². The highest BCUT2D eigenvalue weighted by Gasteiger charge is 2.30. The summed E-state index contributed by atoms with van der Waals surface area (Å²) in [6.45, 7) is 4.52. The van der Waals surface area contributed by atoms with Gasteiger partial charge in [0.1, 0.15) is 5.17 Å². The molecule has 0 aromatic heterocycles. The van der Waals surface area contributed by atoms with E-state index in [0.717, 1.165) is 0 Å². The van der Waals surface area contributed by atoms with E-state index in [2.05, 4.69) is 4.84 Å². The van der Waals surface area contributed by atoms with Gasteiger partial charge in [0.2, 0.25) is 0 Å². The first-order chi connectivity index (χ1) is 5.24. The first-order valence-electron chi connectivity index (χ1n) is 3.10. The summed E-state index contributed by atoms with van der Waals surface area (Å²) in [4.78, 5) is 24.7. The van der Waals surface area contributed by atoms with Crippen molar-refractivity contribution in [1.82, 2.24) is 5.17 Å². The molecule has 0 aromatic rings. The average molecular weight is 178 g/mol. The van der Waals surface area contributed by atoms with Crippen molar-refractivity contribution in [1.29, 1.82) is 0 Å². The van der Waals surface area contributed by atoms with E-state index in [1.54, 1.807) is 0 Å². The van der Waals surface area contributed by atoms with Crippen molar-refractivity contribution in [2.45, 2.75) is 26.4 Å². The number of nitrogens with zero attached hydrogens (tertiary/aromatic N) is 2. The largest absolute Gasteiger partial charge is 0.495 e. The summed E-state index contributed by atoms with van der Waals surface area (Å²) < 4.78 is 0. The zero-order valence-electron chi connectivity index (χ0n) is 6.97. The van der Waals surface area contributed by atoms with Crippen LogP contribution in [0, 0.1) is 10.1 Å². The quantitative estimate of drug-likeness (QED) is 0.500. The summed E-state index contributed by atoms with van der Waals surface area (Å²) in [5.74, 6) is 0. The fourth-order valence-electron chi connectivity index (χ4n) is 0.402. The molecule has 0 heterocycles. The van der Waals surface area contributed by atoms with Crippen LogP contribution in [0.2, 0.25) is 0 Å². The molecule has 0 atom stereocenters. The van der Waals surface area contributed by atoms with Gasteiger partial charge in [-0.25, -0.2) is 19.7 Å². The monoisotopic (exact) mass is 178 g/mol. The third kappa shape index (κ3) is 3.71. The Morgan fingerprint density at radius 2 is 2.00 bits per heavy atom. The lowest BCUT2D eigenvalue weighted by Crippen LogP contribution is -2.41. The molecule has 0 aliphatic heterocycles. The van der Waals surface area contributed by atoms with Gasteiger partial charge in [-0.3, -0.25) is 0 Å². The van der Waals surface area contributed by atoms with Crippen molar-refractivity contribution in [3.63, 3.8) is 0 Å². The minimum Gasteiger partial charge on any atom is -0.459 e. The van der Waals surface area contributed by atoms with Crippen molar-refractivity contribution in [2.75, 3.05) is 0 Å². The standard InChI is InChI=1S/C5H10N2O5/c1-5(2,3)12-6(4(8)9)7(10)11/h1-3H3,(H,8,9). The Morgan fingerprint density at radius 1 is 1.58 bits per heavy atom. The van der Waals surface area contributed by atoms with E-state index >= 15 is 0 Å². The van der Waals surface area contributed by atoms with Gasteiger partial charge < -0.3 is 5.11 Å². The van der Waals surface area contributed by atoms with Gasteiger partial charge in [0, 0.05) is 0 Å². The Labute approximate surface area is 68.6 Å². The van der Waals surface area contributed by atoms with Gasteiger partial charge in [0.05, 0.1) is 5.60 Å². The maximum absolute atomic E-state index is 10.2. The molecular weight excluding hydrogens is 168 g/mol. The third-order valence-corrected chi connectivity index (χ3v) is 0.672. The third-order valence-electron chi connectivity index (χ3n) is 0.672. The Morgan fingerprint density at radius 3 is 2.08 bits per heavy atom. The first-order valence-corrected chi connectivity index (χ1v) is 3.10. The van der Waals surface area contributed by atoms with E-state index < -0.39 is 16.7 Å². The lowest BCUT2D eigenvalue weighted by atomic mass is 10.2. The number of nitro groups is 1. The van der Waals surface area contributed by atoms with Crippen LogP contribution < -0.4 is 0 Å². The van der Waals surface area contributed by atoms with Crippen LogP contribution in [0.3, 0.4) is 0 Å². The fourth-order valence-corrected chi connectivity index (χ4v) is 0.402. The van der Waals surface area contributed by atoms with E-state index in [1.165, 1.54) is 20.8 Å². The van der Waals surface area contributed by atoms with Crippen LogP contribution in [0.25, 0.3) is 0 Å². The molecule has 1 amide bonds. The number of hydrogen-bond donors (Lipinski definition) is 1. The minimum atomic E-state index is -1.75. The van der Waals surface area contributed by atoms with Crippen molar-refractivity contribution >= 4 is 6.09 Å². The smallest absolute Gasteiger partial charge is 0.459 e. The van der Waals surface area contributed by atoms with E-state index in [0.29, 0.717) is 0 Å². The van der Waals surface area contributed by atoms with Crippen molar-refractivity contribution < 1.29 is 19.8 Å². The number of carboxylic acid groups (broad SMARTS) is 1. The van der Waals surface area contributed by atoms with E-state index in [4.69, 9.17) is 5.11 Å². The van der Waals surface area contributed by atoms with Crippen molar-refractivity contribution in [3.8, 4) is 0 Å². The molecule has 70 valence electrons. The van der Waals surface area contributed by atoms with Gasteiger partial charge in [-0.15, -0.1) is 0 Å². The Balaban J connectivity index is 4.35. The maximum atomic E-state index is 10.2. The molecule has 7 heteroatoms. The van der Waals surface area contributed by atoms with Gasteiger partial charge in [-0.2, -0.15) is 0 Å². The van der Waals surface area contributed by atoms with Gasteiger partial charge >= 0.3 is 6.09 Å². The molecule has 1 N–H and O–H groups in total. The maximum Gasteiger partial charge on any atom is 0.495 e. The molecular formula is C5H10N2O5. The second-order valence-electron chi connectivity index (χ2n) is 3.00. The second kappa shape index (κ2) is 3.35. The average Bonchev–Trinajstić information content (AvgIpc) is 1.79. The minimum absolute atomic E-state index is 0.319. The van der Waals surface area contributed by atoms with Gasteiger partial charge in [-0.05, 0) is 20.8 Å². The van der Waals surface area contributed by atoms with Gasteiger partial charge in [0.15, 0.2) is 5.03 Å². The normalized spacial score (nSPS) is 10.9. The lowest BCUT2D eigenvalue weighted by Gasteiger charge is -2.19. The fraction of sp³-hybridized carbons (Fsp3) is 0.800. The van der Waals surface area contributed by atoms with E-state index in [-0.39, 0.29) is 5.17 Å². The number of amides is 1. The molecule has 0 saturated heterocycles. The zero-order chi connectivity index (χ0) is 9.94. The summed E-state index contributed by atoms with van der Waals surface area (Å²) in [7, 11) is 0. The molecule has 0 radical (unpaired) electrons. The molecule has 0 aromatic carbocycles. The molecule has 12 heavy (non-hydrogen) atoms. The number of carbonyl (C=O) groups is 1. The molecule has 7 nitrogen and oxygen atoms in total. The van der Waals surface area contributed by atoms with Crippen LogP contribution >= 0.6 is 0 Å². The molecule has 0 saturated carbocycles. The summed E-state index contributed by atoms with van der Waals surface area (Å²) in [5, 5.41) is 16.8. The molecule has 0 aliphatic rings. The molecule has 0 spiro atoms. The van der Waals surface area contributed by atoms with Crippen molar-refractivity contribution in [3.05, 3.63) is 10.1 Å². The predicted octanol–water partition coefficient (Wildman–Crippen LogP) is 0.888. The zero-order valence-corrected chi connectivity index (χ0v) is 6.97. The highest BCUT2D eigenvalue weighted by atomic mass is 16.9. The molecule has 0 fully saturated rings. The molecule has 0 unspecified atom stereocenters. The SMILES string of the molecule is CC(C)(C)ON(C(=O)O)[N+](=O)[O-]. The first kappa shape index (κ1) is 10.6. The van der Waals surface area contributed by atoms with Crippen LogP contribution in [0.1, 0.15) is 20.8 Å². The number of hydrazine groups is 1. The highest BCUT2D eigenvalue weighted by molar-refractivity contribution is 5.61. The van der Waals surface area contributed by atoms with E-state index in [1.807, 2.05) is 0 Å². The Hall–Kier alpha value is -1.37. The number of rotatable bonds is 2. The number of hydroxylamine groups is 1. The van der Waals surface area contributed by atoms with Crippen molar-refractivity contribution in [2.24, 2.45) is 0 Å². The van der Waals surface area contributed by atoms with Crippen LogP contribution in [-0.4, -0.2) is 27.0 Å². The molecule has 0 aliphatic carbocycles. The highest BCUT2D eigenvalue weighted by Crippen LogP contribution is 2.09. The predicted molar refractivity (Wildman–Crippen MR) is 37.7 cm³/mol. The van der Waals surface area contributed by atoms with Crippen LogP contribution in [0.5, 0.6) is 0 Å². The summed E-state index contributed by atoms with van der Waals surface area (Å²) in [6, 6.07) is 0. The molecule has 0 bridgehead atoms. The summed E-state index contributed by atoms with van der Waals surface area (Å²) in [5.41, 5.74) is -0.911. The van der Waals surface area contributed by atoms with Crippen LogP contribution in [0.15, 0.2) is 0 Å². The molecule has 0 rings (SSSR count). The second-order valence-corrected chi connectivity index (χ2v) is 3.00. The topological polar surface area (TPSA) is 92.9 Å². The lowest BCUT2D eigenvalue weighted by molar-refractivity contribution is -0.719. The number of hydrogen-bond acceptors (Lipinski definition) is 4.